The Kier molecular flexibility index (Phi) is 5.23. The smallest absolute Gasteiger partial charge is 0.257 e. The average Bonchev–Trinajstić information content (AvgIpc) is 2.45. The zero-order chi connectivity index (χ0) is 15.4. The fourth-order valence-corrected chi connectivity index (χ4v) is 2.86. The number of benzene rings is 1. The highest BCUT2D eigenvalue weighted by molar-refractivity contribution is 5.97. The van der Waals surface area contributed by atoms with Gasteiger partial charge in [-0.3, -0.25) is 4.79 Å². The number of amides is 1. The lowest BCUT2D eigenvalue weighted by Crippen LogP contribution is -2.44. The molecule has 1 fully saturated rings. The molecular formula is C17H26N2O2. The molecule has 0 radical (unpaired) electrons. The summed E-state index contributed by atoms with van der Waals surface area (Å²) >= 11 is 0. The van der Waals surface area contributed by atoms with Gasteiger partial charge >= 0.3 is 0 Å². The molecule has 0 aliphatic carbocycles. The number of phenols is 1. The van der Waals surface area contributed by atoms with Crippen LogP contribution in [0, 0.1) is 12.8 Å². The van der Waals surface area contributed by atoms with Gasteiger partial charge in [0.1, 0.15) is 5.75 Å². The van der Waals surface area contributed by atoms with Crippen LogP contribution >= 0.6 is 0 Å². The van der Waals surface area contributed by atoms with Crippen molar-refractivity contribution in [1.82, 2.24) is 10.2 Å². The maximum atomic E-state index is 12.7. The van der Waals surface area contributed by atoms with Gasteiger partial charge in [0.25, 0.3) is 5.91 Å². The van der Waals surface area contributed by atoms with Crippen molar-refractivity contribution in [3.05, 3.63) is 29.3 Å². The monoisotopic (exact) mass is 290 g/mol. The van der Waals surface area contributed by atoms with E-state index in [0.717, 1.165) is 31.6 Å². The van der Waals surface area contributed by atoms with Crippen molar-refractivity contribution < 1.29 is 9.90 Å². The van der Waals surface area contributed by atoms with Crippen molar-refractivity contribution in [3.8, 4) is 5.75 Å². The second-order valence-electron chi connectivity index (χ2n) is 6.28. The maximum absolute atomic E-state index is 12.7. The molecular weight excluding hydrogens is 264 g/mol. The molecule has 4 heteroatoms. The number of phenolic OH excluding ortho intramolecular Hbond substituents is 1. The van der Waals surface area contributed by atoms with Gasteiger partial charge < -0.3 is 15.3 Å². The van der Waals surface area contributed by atoms with E-state index in [2.05, 4.69) is 5.32 Å². The lowest BCUT2D eigenvalue weighted by Gasteiger charge is -2.33. The Balaban J connectivity index is 2.14. The normalized spacial score (nSPS) is 18.8. The van der Waals surface area contributed by atoms with Crippen LogP contribution in [0.2, 0.25) is 0 Å². The highest BCUT2D eigenvalue weighted by Gasteiger charge is 2.25. The van der Waals surface area contributed by atoms with Gasteiger partial charge in [-0.1, -0.05) is 6.07 Å². The van der Waals surface area contributed by atoms with E-state index in [0.29, 0.717) is 11.5 Å². The molecule has 1 unspecified atom stereocenters. The molecule has 21 heavy (non-hydrogen) atoms. The molecule has 1 atom stereocenters. The molecule has 116 valence electrons. The Morgan fingerprint density at radius 2 is 2.24 bits per heavy atom. The Morgan fingerprint density at radius 1 is 1.48 bits per heavy atom. The molecule has 1 amide bonds. The number of piperidine rings is 1. The van der Waals surface area contributed by atoms with Gasteiger partial charge in [0.15, 0.2) is 0 Å². The van der Waals surface area contributed by atoms with Gasteiger partial charge in [-0.25, -0.2) is 0 Å². The van der Waals surface area contributed by atoms with E-state index in [1.807, 2.05) is 31.7 Å². The lowest BCUT2D eigenvalue weighted by atomic mass is 9.98. The zero-order valence-corrected chi connectivity index (χ0v) is 13.2. The molecule has 1 aromatic rings. The van der Waals surface area contributed by atoms with Crippen molar-refractivity contribution in [1.29, 1.82) is 0 Å². The number of carbonyl (C=O) groups is 1. The molecule has 0 aromatic heterocycles. The number of carbonyl (C=O) groups excluding carboxylic acids is 1. The molecule has 0 saturated carbocycles. The second-order valence-corrected chi connectivity index (χ2v) is 6.28. The molecule has 4 nitrogen and oxygen atoms in total. The first-order valence-corrected chi connectivity index (χ1v) is 7.80. The van der Waals surface area contributed by atoms with Crippen LogP contribution in [0.5, 0.6) is 5.75 Å². The van der Waals surface area contributed by atoms with Gasteiger partial charge in [-0.05, 0) is 70.3 Å². The summed E-state index contributed by atoms with van der Waals surface area (Å²) in [5.41, 5.74) is 1.36. The van der Waals surface area contributed by atoms with E-state index in [-0.39, 0.29) is 17.7 Å². The third-order valence-corrected chi connectivity index (χ3v) is 4.12. The van der Waals surface area contributed by atoms with Gasteiger partial charge in [0.05, 0.1) is 5.56 Å². The highest BCUT2D eigenvalue weighted by atomic mass is 16.3. The van der Waals surface area contributed by atoms with Crippen LogP contribution in [0.4, 0.5) is 0 Å². The van der Waals surface area contributed by atoms with Gasteiger partial charge in [-0.2, -0.15) is 0 Å². The van der Waals surface area contributed by atoms with Gasteiger partial charge in [0, 0.05) is 12.6 Å². The van der Waals surface area contributed by atoms with Crippen LogP contribution < -0.4 is 5.32 Å². The van der Waals surface area contributed by atoms with Crippen LogP contribution in [0.15, 0.2) is 18.2 Å². The zero-order valence-electron chi connectivity index (χ0n) is 13.2. The molecule has 1 saturated heterocycles. The Morgan fingerprint density at radius 3 is 2.81 bits per heavy atom. The third kappa shape index (κ3) is 3.97. The number of rotatable bonds is 4. The van der Waals surface area contributed by atoms with Crippen LogP contribution in [-0.2, 0) is 0 Å². The molecule has 0 bridgehead atoms. The molecule has 1 aromatic carbocycles. The highest BCUT2D eigenvalue weighted by Crippen LogP contribution is 2.23. The van der Waals surface area contributed by atoms with E-state index in [9.17, 15) is 9.90 Å². The fraction of sp³-hybridized carbons (Fsp3) is 0.588. The van der Waals surface area contributed by atoms with Crippen molar-refractivity contribution in [2.75, 3.05) is 19.6 Å². The summed E-state index contributed by atoms with van der Waals surface area (Å²) in [4.78, 5) is 14.6. The summed E-state index contributed by atoms with van der Waals surface area (Å²) in [6.07, 6.45) is 2.32. The van der Waals surface area contributed by atoms with Crippen molar-refractivity contribution >= 4 is 5.91 Å². The van der Waals surface area contributed by atoms with Crippen LogP contribution in [0.25, 0.3) is 0 Å². The van der Waals surface area contributed by atoms with E-state index in [1.54, 1.807) is 12.1 Å². The summed E-state index contributed by atoms with van der Waals surface area (Å²) < 4.78 is 0. The average molecular weight is 290 g/mol. The van der Waals surface area contributed by atoms with Crippen molar-refractivity contribution in [2.24, 2.45) is 5.92 Å². The third-order valence-electron chi connectivity index (χ3n) is 4.12. The minimum absolute atomic E-state index is 0.0759. The first-order chi connectivity index (χ1) is 9.99. The maximum Gasteiger partial charge on any atom is 0.257 e. The molecule has 2 rings (SSSR count). The minimum Gasteiger partial charge on any atom is -0.507 e. The number of nitrogens with one attached hydrogen (secondary N) is 1. The standard InChI is InChI=1S/C17H26N2O2/c1-12(2)19(11-14-5-4-8-18-10-14)17(21)15-7-6-13(3)9-16(15)20/h6-7,9,12,14,18,20H,4-5,8,10-11H2,1-3H3. The fourth-order valence-electron chi connectivity index (χ4n) is 2.86. The summed E-state index contributed by atoms with van der Waals surface area (Å²) in [6.45, 7) is 8.75. The first-order valence-electron chi connectivity index (χ1n) is 7.80. The Hall–Kier alpha value is -1.55. The van der Waals surface area contributed by atoms with E-state index >= 15 is 0 Å². The Bertz CT molecular complexity index is 494. The van der Waals surface area contributed by atoms with Gasteiger partial charge in [-0.15, -0.1) is 0 Å². The second kappa shape index (κ2) is 6.94. The van der Waals surface area contributed by atoms with Gasteiger partial charge in [0.2, 0.25) is 0 Å². The van der Waals surface area contributed by atoms with Crippen molar-refractivity contribution in [3.63, 3.8) is 0 Å². The summed E-state index contributed by atoms with van der Waals surface area (Å²) in [6, 6.07) is 5.36. The number of aromatic hydroxyl groups is 1. The van der Waals surface area contributed by atoms with E-state index in [1.165, 1.54) is 6.42 Å². The minimum atomic E-state index is -0.0759. The number of hydrogen-bond acceptors (Lipinski definition) is 3. The molecule has 2 N–H and O–H groups in total. The van der Waals surface area contributed by atoms with E-state index in [4.69, 9.17) is 0 Å². The van der Waals surface area contributed by atoms with Crippen LogP contribution in [0.1, 0.15) is 42.6 Å². The Labute approximate surface area is 127 Å². The molecule has 1 heterocycles. The first kappa shape index (κ1) is 15.8. The largest absolute Gasteiger partial charge is 0.507 e. The predicted octanol–water partition coefficient (Wildman–Crippen LogP) is 2.55. The quantitative estimate of drug-likeness (QED) is 0.896. The number of nitrogens with zero attached hydrogens (tertiary/aromatic N) is 1. The summed E-state index contributed by atoms with van der Waals surface area (Å²) in [5.74, 6) is 0.498. The molecule has 1 aliphatic heterocycles. The SMILES string of the molecule is Cc1ccc(C(=O)N(CC2CCCNC2)C(C)C)c(O)c1. The predicted molar refractivity (Wildman–Crippen MR) is 84.6 cm³/mol. The van der Waals surface area contributed by atoms with E-state index < -0.39 is 0 Å². The number of aryl methyl sites for hydroxylation is 1. The molecule has 0 spiro atoms. The molecule has 1 aliphatic rings. The summed E-state index contributed by atoms with van der Waals surface area (Å²) in [5, 5.41) is 13.4. The van der Waals surface area contributed by atoms with Crippen LogP contribution in [-0.4, -0.2) is 41.6 Å². The topological polar surface area (TPSA) is 52.6 Å². The lowest BCUT2D eigenvalue weighted by molar-refractivity contribution is 0.0658. The van der Waals surface area contributed by atoms with Crippen molar-refractivity contribution in [2.45, 2.75) is 39.7 Å². The van der Waals surface area contributed by atoms with Crippen LogP contribution in [0.3, 0.4) is 0 Å². The number of hydrogen-bond donors (Lipinski definition) is 2. The summed E-state index contributed by atoms with van der Waals surface area (Å²) in [7, 11) is 0.